The van der Waals surface area contributed by atoms with Gasteiger partial charge in [-0.1, -0.05) is 42.5 Å². The number of nitrogens with zero attached hydrogens (tertiary/aromatic N) is 2. The summed E-state index contributed by atoms with van der Waals surface area (Å²) in [5, 5.41) is 0. The van der Waals surface area contributed by atoms with E-state index in [9.17, 15) is 0 Å². The number of aryl methyl sites for hydroxylation is 2. The van der Waals surface area contributed by atoms with Gasteiger partial charge in [-0.2, -0.15) is 0 Å². The molecule has 3 nitrogen and oxygen atoms in total. The average molecular weight is 279 g/mol. The lowest BCUT2D eigenvalue weighted by molar-refractivity contribution is 0.610. The van der Waals surface area contributed by atoms with Crippen LogP contribution in [-0.2, 0) is 13.5 Å². The molecule has 0 bridgehead atoms. The van der Waals surface area contributed by atoms with E-state index in [1.807, 2.05) is 12.1 Å². The van der Waals surface area contributed by atoms with Crippen molar-refractivity contribution in [1.29, 1.82) is 0 Å². The fraction of sp³-hybridized carbons (Fsp3) is 0.278. The molecule has 3 rings (SSSR count). The number of aromatic nitrogens is 2. The minimum atomic E-state index is 0.394. The lowest BCUT2D eigenvalue weighted by Crippen LogP contribution is -2.14. The Bertz CT molecular complexity index is 716. The van der Waals surface area contributed by atoms with Crippen molar-refractivity contribution in [3.05, 3.63) is 66.0 Å². The Morgan fingerprint density at radius 3 is 2.48 bits per heavy atom. The largest absolute Gasteiger partial charge is 0.331 e. The number of nitrogens with two attached hydrogens (primary N) is 1. The quantitative estimate of drug-likeness (QED) is 0.779. The lowest BCUT2D eigenvalue weighted by atomic mass is 9.94. The maximum Gasteiger partial charge on any atom is 0.109 e. The van der Waals surface area contributed by atoms with Crippen molar-refractivity contribution in [3.8, 4) is 0 Å². The smallest absolute Gasteiger partial charge is 0.109 e. The summed E-state index contributed by atoms with van der Waals surface area (Å²) in [5.74, 6) is 1.52. The molecule has 1 heterocycles. The van der Waals surface area contributed by atoms with Gasteiger partial charge in [-0.3, -0.25) is 0 Å². The first-order valence-corrected chi connectivity index (χ1v) is 7.45. The van der Waals surface area contributed by atoms with E-state index in [1.165, 1.54) is 11.1 Å². The second-order valence-electron chi connectivity index (χ2n) is 5.46. The Kier molecular flexibility index (Phi) is 4.02. The summed E-state index contributed by atoms with van der Waals surface area (Å²) >= 11 is 0. The standard InChI is InChI=1S/C18H21N3/c1-21-17-10-6-5-9-16(17)20-18(21)12-11-15(13-19)14-7-3-2-4-8-14/h2-10,15H,11-13,19H2,1H3. The number of rotatable bonds is 5. The predicted molar refractivity (Wildman–Crippen MR) is 87.3 cm³/mol. The van der Waals surface area contributed by atoms with Crippen LogP contribution in [-0.4, -0.2) is 16.1 Å². The van der Waals surface area contributed by atoms with E-state index >= 15 is 0 Å². The molecule has 1 unspecified atom stereocenters. The third-order valence-corrected chi connectivity index (χ3v) is 4.15. The van der Waals surface area contributed by atoms with Gasteiger partial charge < -0.3 is 10.3 Å². The van der Waals surface area contributed by atoms with Crippen molar-refractivity contribution in [2.24, 2.45) is 12.8 Å². The summed E-state index contributed by atoms with van der Waals surface area (Å²) in [5.41, 5.74) is 9.53. The zero-order valence-corrected chi connectivity index (χ0v) is 12.4. The number of benzene rings is 2. The SMILES string of the molecule is Cn1c(CCC(CN)c2ccccc2)nc2ccccc21. The first-order valence-electron chi connectivity index (χ1n) is 7.45. The molecule has 108 valence electrons. The maximum absolute atomic E-state index is 5.95. The van der Waals surface area contributed by atoms with E-state index in [0.717, 1.165) is 24.2 Å². The molecule has 0 aliphatic carbocycles. The first kappa shape index (κ1) is 13.8. The number of fused-ring (bicyclic) bond motifs is 1. The van der Waals surface area contributed by atoms with E-state index in [1.54, 1.807) is 0 Å². The second kappa shape index (κ2) is 6.10. The van der Waals surface area contributed by atoms with Crippen LogP contribution in [0, 0.1) is 0 Å². The van der Waals surface area contributed by atoms with Gasteiger partial charge in [0.25, 0.3) is 0 Å². The van der Waals surface area contributed by atoms with Gasteiger partial charge in [0.15, 0.2) is 0 Å². The van der Waals surface area contributed by atoms with Crippen LogP contribution in [0.4, 0.5) is 0 Å². The minimum absolute atomic E-state index is 0.394. The molecule has 1 atom stereocenters. The van der Waals surface area contributed by atoms with Crippen molar-refractivity contribution in [3.63, 3.8) is 0 Å². The second-order valence-corrected chi connectivity index (χ2v) is 5.46. The zero-order chi connectivity index (χ0) is 14.7. The predicted octanol–water partition coefficient (Wildman–Crippen LogP) is 3.25. The lowest BCUT2D eigenvalue weighted by Gasteiger charge is -2.14. The topological polar surface area (TPSA) is 43.8 Å². The van der Waals surface area contributed by atoms with Crippen LogP contribution in [0.2, 0.25) is 0 Å². The fourth-order valence-electron chi connectivity index (χ4n) is 2.87. The Morgan fingerprint density at radius 2 is 1.76 bits per heavy atom. The molecular weight excluding hydrogens is 258 g/mol. The highest BCUT2D eigenvalue weighted by Crippen LogP contribution is 2.22. The Balaban J connectivity index is 1.78. The molecule has 0 saturated carbocycles. The molecule has 3 heteroatoms. The number of imidazole rings is 1. The van der Waals surface area contributed by atoms with E-state index in [2.05, 4.69) is 54.1 Å². The molecule has 0 spiro atoms. The third-order valence-electron chi connectivity index (χ3n) is 4.15. The molecular formula is C18H21N3. The van der Waals surface area contributed by atoms with Crippen molar-refractivity contribution in [1.82, 2.24) is 9.55 Å². The highest BCUT2D eigenvalue weighted by molar-refractivity contribution is 5.75. The zero-order valence-electron chi connectivity index (χ0n) is 12.4. The third kappa shape index (κ3) is 2.83. The molecule has 0 radical (unpaired) electrons. The van der Waals surface area contributed by atoms with Crippen LogP contribution in [0.1, 0.15) is 23.7 Å². The highest BCUT2D eigenvalue weighted by atomic mass is 15.1. The van der Waals surface area contributed by atoms with Crippen LogP contribution < -0.4 is 5.73 Å². The van der Waals surface area contributed by atoms with Crippen LogP contribution >= 0.6 is 0 Å². The van der Waals surface area contributed by atoms with Crippen molar-refractivity contribution >= 4 is 11.0 Å². The van der Waals surface area contributed by atoms with Crippen LogP contribution in [0.15, 0.2) is 54.6 Å². The molecule has 1 aromatic heterocycles. The van der Waals surface area contributed by atoms with Crippen molar-refractivity contribution < 1.29 is 0 Å². The maximum atomic E-state index is 5.95. The van der Waals surface area contributed by atoms with E-state index < -0.39 is 0 Å². The Morgan fingerprint density at radius 1 is 1.05 bits per heavy atom. The first-order chi connectivity index (χ1) is 10.3. The summed E-state index contributed by atoms with van der Waals surface area (Å²) in [6, 6.07) is 18.8. The summed E-state index contributed by atoms with van der Waals surface area (Å²) < 4.78 is 2.19. The van der Waals surface area contributed by atoms with Crippen LogP contribution in [0.5, 0.6) is 0 Å². The molecule has 0 fully saturated rings. The summed E-state index contributed by atoms with van der Waals surface area (Å²) in [7, 11) is 2.09. The van der Waals surface area contributed by atoms with Gasteiger partial charge in [-0.05, 0) is 36.6 Å². The summed E-state index contributed by atoms with van der Waals surface area (Å²) in [4.78, 5) is 4.73. The average Bonchev–Trinajstić information content (AvgIpc) is 2.86. The van der Waals surface area contributed by atoms with Gasteiger partial charge in [0, 0.05) is 13.5 Å². The Labute approximate surface area is 125 Å². The molecule has 3 aromatic rings. The highest BCUT2D eigenvalue weighted by Gasteiger charge is 2.12. The van der Waals surface area contributed by atoms with Crippen molar-refractivity contribution in [2.75, 3.05) is 6.54 Å². The van der Waals surface area contributed by atoms with E-state index in [4.69, 9.17) is 10.7 Å². The molecule has 0 saturated heterocycles. The van der Waals surface area contributed by atoms with Gasteiger partial charge >= 0.3 is 0 Å². The van der Waals surface area contributed by atoms with Crippen LogP contribution in [0.3, 0.4) is 0 Å². The van der Waals surface area contributed by atoms with E-state index in [-0.39, 0.29) is 0 Å². The van der Waals surface area contributed by atoms with Gasteiger partial charge in [-0.15, -0.1) is 0 Å². The molecule has 0 aliphatic heterocycles. The summed E-state index contributed by atoms with van der Waals surface area (Å²) in [6.07, 6.45) is 1.97. The normalized spacial score (nSPS) is 12.7. The number of para-hydroxylation sites is 2. The molecule has 0 aliphatic rings. The van der Waals surface area contributed by atoms with Crippen LogP contribution in [0.25, 0.3) is 11.0 Å². The Hall–Kier alpha value is -2.13. The minimum Gasteiger partial charge on any atom is -0.331 e. The fourth-order valence-corrected chi connectivity index (χ4v) is 2.87. The monoisotopic (exact) mass is 279 g/mol. The molecule has 21 heavy (non-hydrogen) atoms. The number of hydrogen-bond acceptors (Lipinski definition) is 2. The van der Waals surface area contributed by atoms with Gasteiger partial charge in [-0.25, -0.2) is 4.98 Å². The number of hydrogen-bond donors (Lipinski definition) is 1. The van der Waals surface area contributed by atoms with Gasteiger partial charge in [0.1, 0.15) is 5.82 Å². The van der Waals surface area contributed by atoms with Gasteiger partial charge in [0.2, 0.25) is 0 Å². The summed E-state index contributed by atoms with van der Waals surface area (Å²) in [6.45, 7) is 0.675. The molecule has 2 N–H and O–H groups in total. The molecule has 0 amide bonds. The van der Waals surface area contributed by atoms with Gasteiger partial charge in [0.05, 0.1) is 11.0 Å². The van der Waals surface area contributed by atoms with E-state index in [0.29, 0.717) is 12.5 Å². The van der Waals surface area contributed by atoms with Crippen molar-refractivity contribution in [2.45, 2.75) is 18.8 Å². The molecule has 2 aromatic carbocycles.